The zero-order chi connectivity index (χ0) is 25.9. The SMILES string of the molecule is CC1(OC(=O)N2C3C=CC2CC(Oc2ncnc4c2ccn4-c2ccc(S(C)(=O)=O)cc2F)C3)CCC1. The summed E-state index contributed by atoms with van der Waals surface area (Å²) in [5.74, 6) is -0.307. The Morgan fingerprint density at radius 2 is 1.86 bits per heavy atom. The molecule has 0 spiro atoms. The molecule has 37 heavy (non-hydrogen) atoms. The largest absolute Gasteiger partial charge is 0.474 e. The first-order chi connectivity index (χ1) is 17.6. The standard InChI is InChI=1S/C26H27FN4O5S/c1-26(9-3-10-26)36-25(32)31-16-4-5-17(31)13-18(12-16)35-24-20-8-11-30(23(20)28-15-29-24)22-7-6-19(14-21(22)27)37(2,33)34/h4-8,11,14-18H,3,9-10,12-13H2,1-2H3. The molecule has 2 fully saturated rings. The second kappa shape index (κ2) is 8.54. The van der Waals surface area contributed by atoms with Gasteiger partial charge in [0.15, 0.2) is 15.5 Å². The van der Waals surface area contributed by atoms with Crippen molar-refractivity contribution in [2.75, 3.05) is 6.26 Å². The minimum atomic E-state index is -3.53. The lowest BCUT2D eigenvalue weighted by Gasteiger charge is -2.43. The van der Waals surface area contributed by atoms with Crippen molar-refractivity contribution in [1.29, 1.82) is 0 Å². The average molecular weight is 527 g/mol. The first kappa shape index (κ1) is 23.9. The minimum absolute atomic E-state index is 0.0934. The van der Waals surface area contributed by atoms with E-state index in [-0.39, 0.29) is 40.5 Å². The van der Waals surface area contributed by atoms with Crippen LogP contribution in [0.3, 0.4) is 0 Å². The first-order valence-corrected chi connectivity index (χ1v) is 14.2. The van der Waals surface area contributed by atoms with Gasteiger partial charge in [-0.15, -0.1) is 0 Å². The number of ether oxygens (including phenoxy) is 2. The molecule has 0 N–H and O–H groups in total. The molecule has 9 nitrogen and oxygen atoms in total. The number of benzene rings is 1. The van der Waals surface area contributed by atoms with E-state index in [1.807, 2.05) is 19.1 Å². The van der Waals surface area contributed by atoms with Gasteiger partial charge in [0.25, 0.3) is 0 Å². The van der Waals surface area contributed by atoms with Crippen LogP contribution in [0.4, 0.5) is 9.18 Å². The van der Waals surface area contributed by atoms with Gasteiger partial charge in [-0.1, -0.05) is 12.2 Å². The van der Waals surface area contributed by atoms with E-state index in [1.54, 1.807) is 17.2 Å². The van der Waals surface area contributed by atoms with Gasteiger partial charge in [-0.25, -0.2) is 27.6 Å². The molecule has 0 radical (unpaired) electrons. The number of rotatable bonds is 5. The van der Waals surface area contributed by atoms with Crippen molar-refractivity contribution in [1.82, 2.24) is 19.4 Å². The lowest BCUT2D eigenvalue weighted by atomic mass is 9.82. The number of aromatic nitrogens is 3. The maximum Gasteiger partial charge on any atom is 0.411 e. The van der Waals surface area contributed by atoms with Crippen molar-refractivity contribution in [3.8, 4) is 11.6 Å². The summed E-state index contributed by atoms with van der Waals surface area (Å²) in [6, 6.07) is 5.31. The van der Waals surface area contributed by atoms with Crippen LogP contribution in [0, 0.1) is 5.82 Å². The highest BCUT2D eigenvalue weighted by molar-refractivity contribution is 7.90. The maximum atomic E-state index is 14.9. The number of fused-ring (bicyclic) bond motifs is 3. The number of hydrogen-bond acceptors (Lipinski definition) is 7. The zero-order valence-corrected chi connectivity index (χ0v) is 21.3. The molecular formula is C26H27FN4O5S. The third kappa shape index (κ3) is 4.24. The van der Waals surface area contributed by atoms with Gasteiger partial charge < -0.3 is 9.47 Å². The van der Waals surface area contributed by atoms with E-state index in [1.165, 1.54) is 23.0 Å². The predicted molar refractivity (Wildman–Crippen MR) is 133 cm³/mol. The Bertz CT molecular complexity index is 1510. The molecule has 2 unspecified atom stereocenters. The molecule has 3 aliphatic rings. The van der Waals surface area contributed by atoms with Gasteiger partial charge in [0.1, 0.15) is 23.8 Å². The van der Waals surface area contributed by atoms with Crippen LogP contribution in [-0.4, -0.2) is 64.0 Å². The molecular weight excluding hydrogens is 499 g/mol. The van der Waals surface area contributed by atoms with Crippen LogP contribution in [0.5, 0.6) is 5.88 Å². The molecule has 2 bridgehead atoms. The van der Waals surface area contributed by atoms with Crippen LogP contribution in [0.25, 0.3) is 16.7 Å². The normalized spacial score (nSPS) is 24.2. The summed E-state index contributed by atoms with van der Waals surface area (Å²) >= 11 is 0. The number of hydrogen-bond donors (Lipinski definition) is 0. The van der Waals surface area contributed by atoms with E-state index in [0.29, 0.717) is 29.8 Å². The Kier molecular flexibility index (Phi) is 5.52. The summed E-state index contributed by atoms with van der Waals surface area (Å²) in [5.41, 5.74) is 0.252. The Morgan fingerprint density at radius 3 is 2.49 bits per heavy atom. The minimum Gasteiger partial charge on any atom is -0.474 e. The third-order valence-electron chi connectivity index (χ3n) is 7.56. The van der Waals surface area contributed by atoms with E-state index in [4.69, 9.17) is 9.47 Å². The topological polar surface area (TPSA) is 104 Å². The monoisotopic (exact) mass is 526 g/mol. The quantitative estimate of drug-likeness (QED) is 0.459. The van der Waals surface area contributed by atoms with Crippen molar-refractivity contribution in [3.05, 3.63) is 54.8 Å². The number of sulfone groups is 1. The summed E-state index contributed by atoms with van der Waals surface area (Å²) in [6.07, 6.45) is 11.7. The second-order valence-corrected chi connectivity index (χ2v) is 12.3. The number of carbonyl (C=O) groups is 1. The summed E-state index contributed by atoms with van der Waals surface area (Å²) in [6.45, 7) is 1.98. The van der Waals surface area contributed by atoms with E-state index in [2.05, 4.69) is 9.97 Å². The van der Waals surface area contributed by atoms with E-state index < -0.39 is 15.7 Å². The number of piperidine rings is 1. The molecule has 1 aliphatic carbocycles. The molecule has 2 aliphatic heterocycles. The van der Waals surface area contributed by atoms with Gasteiger partial charge >= 0.3 is 6.09 Å². The lowest BCUT2D eigenvalue weighted by molar-refractivity contribution is -0.0591. The predicted octanol–water partition coefficient (Wildman–Crippen LogP) is 4.19. The fraction of sp³-hybridized carbons (Fsp3) is 0.423. The smallest absolute Gasteiger partial charge is 0.411 e. The van der Waals surface area contributed by atoms with Crippen molar-refractivity contribution in [2.24, 2.45) is 0 Å². The first-order valence-electron chi connectivity index (χ1n) is 12.3. The molecule has 4 heterocycles. The number of carbonyl (C=O) groups excluding carboxylic acids is 1. The van der Waals surface area contributed by atoms with Gasteiger partial charge in [0.05, 0.1) is 28.1 Å². The van der Waals surface area contributed by atoms with Crippen LogP contribution in [0.1, 0.15) is 39.0 Å². The molecule has 6 rings (SSSR count). The highest BCUT2D eigenvalue weighted by Crippen LogP contribution is 2.39. The summed E-state index contributed by atoms with van der Waals surface area (Å²) in [5, 5.41) is 0.606. The van der Waals surface area contributed by atoms with Crippen LogP contribution >= 0.6 is 0 Å². The molecule has 11 heteroatoms. The fourth-order valence-corrected chi connectivity index (χ4v) is 6.04. The average Bonchev–Trinajstić information content (AvgIpc) is 3.37. The van der Waals surface area contributed by atoms with Gasteiger partial charge in [0.2, 0.25) is 5.88 Å². The number of halogens is 1. The Labute approximate surface area is 213 Å². The summed E-state index contributed by atoms with van der Waals surface area (Å²) in [4.78, 5) is 23.2. The molecule has 1 aromatic carbocycles. The lowest BCUT2D eigenvalue weighted by Crippen LogP contribution is -2.53. The van der Waals surface area contributed by atoms with E-state index in [0.717, 1.165) is 31.6 Å². The Hall–Kier alpha value is -3.47. The number of nitrogens with zero attached hydrogens (tertiary/aromatic N) is 4. The van der Waals surface area contributed by atoms with Crippen molar-refractivity contribution in [2.45, 2.75) is 67.7 Å². The molecule has 2 atom stereocenters. The molecule has 3 aromatic rings. The van der Waals surface area contributed by atoms with Crippen LogP contribution < -0.4 is 4.74 Å². The number of amides is 1. The summed E-state index contributed by atoms with van der Waals surface area (Å²) in [7, 11) is -3.53. The molecule has 194 valence electrons. The van der Waals surface area contributed by atoms with Crippen molar-refractivity contribution < 1.29 is 27.1 Å². The zero-order valence-electron chi connectivity index (χ0n) is 20.5. The van der Waals surface area contributed by atoms with E-state index >= 15 is 0 Å². The van der Waals surface area contributed by atoms with Crippen LogP contribution in [-0.2, 0) is 14.6 Å². The maximum absolute atomic E-state index is 14.9. The van der Waals surface area contributed by atoms with Crippen LogP contribution in [0.2, 0.25) is 0 Å². The van der Waals surface area contributed by atoms with Crippen molar-refractivity contribution in [3.63, 3.8) is 0 Å². The summed E-state index contributed by atoms with van der Waals surface area (Å²) < 4.78 is 52.0. The van der Waals surface area contributed by atoms with Gasteiger partial charge in [-0.2, -0.15) is 0 Å². The fourth-order valence-electron chi connectivity index (χ4n) is 5.40. The third-order valence-corrected chi connectivity index (χ3v) is 8.67. The second-order valence-electron chi connectivity index (χ2n) is 10.3. The Morgan fingerprint density at radius 1 is 1.14 bits per heavy atom. The van der Waals surface area contributed by atoms with Crippen molar-refractivity contribution >= 4 is 27.0 Å². The highest BCUT2D eigenvalue weighted by atomic mass is 32.2. The van der Waals surface area contributed by atoms with Gasteiger partial charge in [0, 0.05) is 25.3 Å². The molecule has 1 saturated heterocycles. The molecule has 1 saturated carbocycles. The van der Waals surface area contributed by atoms with E-state index in [9.17, 15) is 17.6 Å². The molecule has 1 amide bonds. The van der Waals surface area contributed by atoms with Gasteiger partial charge in [-0.05, 0) is 50.5 Å². The highest BCUT2D eigenvalue weighted by Gasteiger charge is 2.45. The van der Waals surface area contributed by atoms with Crippen LogP contribution in [0.15, 0.2) is 53.8 Å². The van der Waals surface area contributed by atoms with Gasteiger partial charge in [-0.3, -0.25) is 9.47 Å². The Balaban J connectivity index is 1.21. The molecule has 2 aromatic heterocycles.